The van der Waals surface area contributed by atoms with Gasteiger partial charge in [-0.15, -0.1) is 0 Å². The molecule has 0 aliphatic carbocycles. The van der Waals surface area contributed by atoms with Gasteiger partial charge in [-0.1, -0.05) is 36.4 Å². The molecule has 0 aliphatic rings. The van der Waals surface area contributed by atoms with Gasteiger partial charge in [-0.05, 0) is 24.3 Å². The Morgan fingerprint density at radius 3 is 2.57 bits per heavy atom. The molecule has 0 atom stereocenters. The summed E-state index contributed by atoms with van der Waals surface area (Å²) in [6.07, 6.45) is 1.75. The predicted molar refractivity (Wildman–Crippen MR) is 86.2 cm³/mol. The van der Waals surface area contributed by atoms with Crippen LogP contribution in [-0.4, -0.2) is 10.9 Å². The number of hydrogen-bond donors (Lipinski definition) is 3. The standard InChI is InChI=1S/C16H15N5/c17-21-16(19-13-8-2-1-3-9-13)20-14-10-4-6-12-7-5-11-18-15(12)14/h1-11H,17H2,(H2,19,20,21). The number of rotatable bonds is 2. The van der Waals surface area contributed by atoms with Gasteiger partial charge in [-0.25, -0.2) is 10.8 Å². The second-order valence-corrected chi connectivity index (χ2v) is 4.45. The van der Waals surface area contributed by atoms with E-state index in [1.54, 1.807) is 6.20 Å². The van der Waals surface area contributed by atoms with Crippen LogP contribution in [0.5, 0.6) is 0 Å². The van der Waals surface area contributed by atoms with Gasteiger partial charge in [0.25, 0.3) is 0 Å². The first-order valence-corrected chi connectivity index (χ1v) is 6.58. The van der Waals surface area contributed by atoms with E-state index in [4.69, 9.17) is 5.84 Å². The van der Waals surface area contributed by atoms with Crippen molar-refractivity contribution in [1.82, 2.24) is 10.4 Å². The minimum Gasteiger partial charge on any atom is -0.325 e. The molecular formula is C16H15N5. The van der Waals surface area contributed by atoms with Crippen LogP contribution in [0.15, 0.2) is 71.9 Å². The zero-order valence-corrected chi connectivity index (χ0v) is 11.3. The second-order valence-electron chi connectivity index (χ2n) is 4.45. The van der Waals surface area contributed by atoms with Gasteiger partial charge in [0.2, 0.25) is 5.96 Å². The van der Waals surface area contributed by atoms with E-state index in [0.29, 0.717) is 5.96 Å². The molecule has 0 saturated carbocycles. The van der Waals surface area contributed by atoms with Crippen molar-refractivity contribution in [3.05, 3.63) is 66.9 Å². The van der Waals surface area contributed by atoms with Gasteiger partial charge < -0.3 is 5.32 Å². The third kappa shape index (κ3) is 2.98. The van der Waals surface area contributed by atoms with Crippen LogP contribution in [0.4, 0.5) is 11.4 Å². The number of aromatic nitrogens is 1. The molecule has 5 nitrogen and oxygen atoms in total. The molecule has 0 spiro atoms. The SMILES string of the molecule is NNC(=Nc1cccc2cccnc12)Nc1ccccc1. The van der Waals surface area contributed by atoms with Crippen molar-refractivity contribution in [2.45, 2.75) is 0 Å². The molecule has 1 aromatic heterocycles. The quantitative estimate of drug-likeness (QED) is 0.291. The Balaban J connectivity index is 1.97. The van der Waals surface area contributed by atoms with Crippen molar-refractivity contribution in [2.75, 3.05) is 5.32 Å². The predicted octanol–water partition coefficient (Wildman–Crippen LogP) is 2.80. The molecular weight excluding hydrogens is 262 g/mol. The Bertz CT molecular complexity index is 762. The van der Waals surface area contributed by atoms with E-state index in [0.717, 1.165) is 22.3 Å². The molecule has 21 heavy (non-hydrogen) atoms. The van der Waals surface area contributed by atoms with Crippen molar-refractivity contribution in [3.63, 3.8) is 0 Å². The van der Waals surface area contributed by atoms with Crippen LogP contribution in [0.1, 0.15) is 0 Å². The monoisotopic (exact) mass is 277 g/mol. The summed E-state index contributed by atoms with van der Waals surface area (Å²) < 4.78 is 0. The summed E-state index contributed by atoms with van der Waals surface area (Å²) in [5.74, 6) is 6.01. The van der Waals surface area contributed by atoms with Crippen molar-refractivity contribution in [3.8, 4) is 0 Å². The zero-order chi connectivity index (χ0) is 14.5. The number of nitrogens with one attached hydrogen (secondary N) is 2. The molecule has 0 fully saturated rings. The fraction of sp³-hybridized carbons (Fsp3) is 0. The van der Waals surface area contributed by atoms with E-state index >= 15 is 0 Å². The number of aliphatic imine (C=N–C) groups is 1. The Kier molecular flexibility index (Phi) is 3.75. The summed E-state index contributed by atoms with van der Waals surface area (Å²) in [4.78, 5) is 8.88. The van der Waals surface area contributed by atoms with Crippen LogP contribution in [0.3, 0.4) is 0 Å². The van der Waals surface area contributed by atoms with E-state index in [2.05, 4.69) is 20.7 Å². The Hall–Kier alpha value is -2.92. The van der Waals surface area contributed by atoms with Crippen LogP contribution in [0, 0.1) is 0 Å². The number of benzene rings is 2. The Labute approximate surface area is 122 Å². The van der Waals surface area contributed by atoms with Gasteiger partial charge in [0.05, 0.1) is 11.2 Å². The normalized spacial score (nSPS) is 11.4. The number of nitrogens with zero attached hydrogens (tertiary/aromatic N) is 2. The molecule has 4 N–H and O–H groups in total. The van der Waals surface area contributed by atoms with E-state index in [-0.39, 0.29) is 0 Å². The fourth-order valence-corrected chi connectivity index (χ4v) is 2.05. The maximum absolute atomic E-state index is 5.55. The lowest BCUT2D eigenvalue weighted by Crippen LogP contribution is -2.35. The highest BCUT2D eigenvalue weighted by Gasteiger charge is 2.03. The number of nitrogens with two attached hydrogens (primary N) is 1. The largest absolute Gasteiger partial charge is 0.325 e. The number of guanidine groups is 1. The van der Waals surface area contributed by atoms with Gasteiger partial charge in [0.15, 0.2) is 0 Å². The summed E-state index contributed by atoms with van der Waals surface area (Å²) in [6, 6.07) is 19.5. The first-order chi connectivity index (χ1) is 10.4. The van der Waals surface area contributed by atoms with Crippen LogP contribution in [0.25, 0.3) is 10.9 Å². The van der Waals surface area contributed by atoms with E-state index < -0.39 is 0 Å². The summed E-state index contributed by atoms with van der Waals surface area (Å²) in [5.41, 5.74) is 5.07. The van der Waals surface area contributed by atoms with Crippen molar-refractivity contribution in [1.29, 1.82) is 0 Å². The zero-order valence-electron chi connectivity index (χ0n) is 11.3. The van der Waals surface area contributed by atoms with Crippen molar-refractivity contribution < 1.29 is 0 Å². The summed E-state index contributed by atoms with van der Waals surface area (Å²) in [7, 11) is 0. The lowest BCUT2D eigenvalue weighted by molar-refractivity contribution is 1.02. The number of hydrazine groups is 1. The average molecular weight is 277 g/mol. The van der Waals surface area contributed by atoms with Crippen molar-refractivity contribution >= 4 is 28.2 Å². The first-order valence-electron chi connectivity index (χ1n) is 6.58. The molecule has 3 aromatic rings. The molecule has 104 valence electrons. The molecule has 1 heterocycles. The van der Waals surface area contributed by atoms with Crippen LogP contribution < -0.4 is 16.6 Å². The third-order valence-electron chi connectivity index (χ3n) is 3.02. The summed E-state index contributed by atoms with van der Waals surface area (Å²) in [5, 5.41) is 4.16. The summed E-state index contributed by atoms with van der Waals surface area (Å²) in [6.45, 7) is 0. The van der Waals surface area contributed by atoms with Crippen molar-refractivity contribution in [2.24, 2.45) is 10.8 Å². The lowest BCUT2D eigenvalue weighted by Gasteiger charge is -2.09. The third-order valence-corrected chi connectivity index (χ3v) is 3.02. The highest BCUT2D eigenvalue weighted by molar-refractivity contribution is 5.98. The van der Waals surface area contributed by atoms with E-state index in [9.17, 15) is 0 Å². The number of pyridine rings is 1. The lowest BCUT2D eigenvalue weighted by atomic mass is 10.2. The molecule has 3 rings (SSSR count). The molecule has 2 aromatic carbocycles. The van der Waals surface area contributed by atoms with E-state index in [1.165, 1.54) is 0 Å². The highest BCUT2D eigenvalue weighted by Crippen LogP contribution is 2.23. The van der Waals surface area contributed by atoms with Crippen LogP contribution in [-0.2, 0) is 0 Å². The first kappa shape index (κ1) is 13.1. The number of hydrogen-bond acceptors (Lipinski definition) is 3. The number of para-hydroxylation sites is 2. The number of anilines is 1. The summed E-state index contributed by atoms with van der Waals surface area (Å²) >= 11 is 0. The average Bonchev–Trinajstić information content (AvgIpc) is 2.55. The molecule has 5 heteroatoms. The minimum atomic E-state index is 0.458. The molecule has 0 amide bonds. The Morgan fingerprint density at radius 1 is 0.952 bits per heavy atom. The molecule has 0 bridgehead atoms. The molecule has 0 unspecified atom stereocenters. The van der Waals surface area contributed by atoms with E-state index in [1.807, 2.05) is 60.7 Å². The van der Waals surface area contributed by atoms with Gasteiger partial charge in [0, 0.05) is 17.3 Å². The van der Waals surface area contributed by atoms with Crippen LogP contribution in [0.2, 0.25) is 0 Å². The van der Waals surface area contributed by atoms with Gasteiger partial charge in [0.1, 0.15) is 0 Å². The van der Waals surface area contributed by atoms with Gasteiger partial charge in [-0.2, -0.15) is 0 Å². The van der Waals surface area contributed by atoms with Crippen LogP contribution >= 0.6 is 0 Å². The van der Waals surface area contributed by atoms with Gasteiger partial charge in [-0.3, -0.25) is 10.4 Å². The maximum atomic E-state index is 5.55. The molecule has 0 aliphatic heterocycles. The van der Waals surface area contributed by atoms with Gasteiger partial charge >= 0.3 is 0 Å². The smallest absolute Gasteiger partial charge is 0.215 e. The maximum Gasteiger partial charge on any atom is 0.215 e. The topological polar surface area (TPSA) is 75.3 Å². The Morgan fingerprint density at radius 2 is 1.76 bits per heavy atom. The highest BCUT2D eigenvalue weighted by atomic mass is 15.3. The molecule has 0 radical (unpaired) electrons. The molecule has 0 saturated heterocycles. The second kappa shape index (κ2) is 6.02. The minimum absolute atomic E-state index is 0.458. The number of fused-ring (bicyclic) bond motifs is 1. The fourth-order valence-electron chi connectivity index (χ4n) is 2.05.